The number of aromatic nitrogens is 4. The van der Waals surface area contributed by atoms with Crippen molar-refractivity contribution in [2.45, 2.75) is 46.4 Å². The predicted octanol–water partition coefficient (Wildman–Crippen LogP) is 2.56. The number of thiazole rings is 1. The monoisotopic (exact) mass is 364 g/mol. The molecule has 1 fully saturated rings. The van der Waals surface area contributed by atoms with E-state index < -0.39 is 0 Å². The van der Waals surface area contributed by atoms with Crippen molar-refractivity contribution < 1.29 is 4.74 Å². The number of ether oxygens (including phenoxy) is 1. The normalized spacial score (nSPS) is 17.2. The van der Waals surface area contributed by atoms with E-state index in [4.69, 9.17) is 4.74 Å². The van der Waals surface area contributed by atoms with Crippen LogP contribution < -0.4 is 4.90 Å². The topological polar surface area (TPSA) is 59.3 Å². The summed E-state index contributed by atoms with van der Waals surface area (Å²) in [4.78, 5) is 9.18. The predicted molar refractivity (Wildman–Crippen MR) is 100.0 cm³/mol. The first-order chi connectivity index (χ1) is 12.3. The summed E-state index contributed by atoms with van der Waals surface area (Å²) >= 11 is 1.66. The second kappa shape index (κ2) is 8.73. The third-order valence-electron chi connectivity index (χ3n) is 4.63. The van der Waals surface area contributed by atoms with Gasteiger partial charge >= 0.3 is 0 Å². The molecule has 0 amide bonds. The van der Waals surface area contributed by atoms with Gasteiger partial charge in [-0.15, -0.1) is 21.5 Å². The highest BCUT2D eigenvalue weighted by Gasteiger charge is 2.25. The third-order valence-corrected chi connectivity index (χ3v) is 5.26. The van der Waals surface area contributed by atoms with Crippen LogP contribution in [0.5, 0.6) is 0 Å². The zero-order valence-electron chi connectivity index (χ0n) is 15.4. The van der Waals surface area contributed by atoms with Crippen molar-refractivity contribution >= 4 is 17.3 Å². The summed E-state index contributed by atoms with van der Waals surface area (Å²) in [7, 11) is 0. The van der Waals surface area contributed by atoms with E-state index in [1.165, 1.54) is 5.69 Å². The fourth-order valence-electron chi connectivity index (χ4n) is 3.31. The summed E-state index contributed by atoms with van der Waals surface area (Å²) in [5, 5.41) is 11.1. The van der Waals surface area contributed by atoms with Crippen molar-refractivity contribution in [2.75, 3.05) is 37.7 Å². The maximum Gasteiger partial charge on any atom is 0.227 e. The molecule has 1 saturated heterocycles. The van der Waals surface area contributed by atoms with Crippen LogP contribution in [-0.4, -0.2) is 57.4 Å². The average Bonchev–Trinajstić information content (AvgIpc) is 3.29. The lowest BCUT2D eigenvalue weighted by molar-refractivity contribution is 0.0508. The van der Waals surface area contributed by atoms with Gasteiger partial charge in [-0.3, -0.25) is 9.47 Å². The molecular formula is C17H28N6OS. The molecule has 25 heavy (non-hydrogen) atoms. The van der Waals surface area contributed by atoms with Crippen LogP contribution in [0, 0.1) is 0 Å². The fourth-order valence-corrected chi connectivity index (χ4v) is 3.86. The smallest absolute Gasteiger partial charge is 0.227 e. The first kappa shape index (κ1) is 18.3. The van der Waals surface area contributed by atoms with Crippen molar-refractivity contribution in [3.63, 3.8) is 0 Å². The molecule has 0 N–H and O–H groups in total. The van der Waals surface area contributed by atoms with Crippen LogP contribution in [0.2, 0.25) is 0 Å². The second-order valence-electron chi connectivity index (χ2n) is 6.20. The molecule has 7 nitrogen and oxygen atoms in total. The molecule has 0 saturated carbocycles. The molecule has 3 rings (SSSR count). The lowest BCUT2D eigenvalue weighted by atomic mass is 10.2. The Morgan fingerprint density at radius 2 is 1.96 bits per heavy atom. The third kappa shape index (κ3) is 4.19. The van der Waals surface area contributed by atoms with Gasteiger partial charge in [0, 0.05) is 51.3 Å². The fraction of sp³-hybridized carbons (Fsp3) is 0.706. The number of piperazine rings is 1. The number of nitrogens with zero attached hydrogens (tertiary/aromatic N) is 6. The number of hydrogen-bond acceptors (Lipinski definition) is 7. The molecule has 0 aromatic carbocycles. The van der Waals surface area contributed by atoms with Gasteiger partial charge in [-0.2, -0.15) is 0 Å². The van der Waals surface area contributed by atoms with E-state index in [2.05, 4.69) is 48.8 Å². The van der Waals surface area contributed by atoms with Crippen molar-refractivity contribution in [3.05, 3.63) is 22.4 Å². The van der Waals surface area contributed by atoms with Crippen LogP contribution in [-0.2, 0) is 17.8 Å². The van der Waals surface area contributed by atoms with Crippen LogP contribution in [0.3, 0.4) is 0 Å². The summed E-state index contributed by atoms with van der Waals surface area (Å²) in [5.41, 5.74) is 3.07. The molecule has 2 aromatic rings. The molecule has 8 heteroatoms. The van der Waals surface area contributed by atoms with Gasteiger partial charge in [0.2, 0.25) is 5.95 Å². The first-order valence-corrected chi connectivity index (χ1v) is 10.1. The molecule has 0 bridgehead atoms. The Hall–Kier alpha value is -1.51. The van der Waals surface area contributed by atoms with E-state index in [1.54, 1.807) is 11.3 Å². The SMILES string of the molecule is CCOC(CC)c1nnc(N2CCN(Cc3cscn3)CC2)n1CC. The van der Waals surface area contributed by atoms with E-state index in [0.29, 0.717) is 6.61 Å². The highest BCUT2D eigenvalue weighted by atomic mass is 32.1. The summed E-state index contributed by atoms with van der Waals surface area (Å²) in [6.07, 6.45) is 0.935. The van der Waals surface area contributed by atoms with Gasteiger partial charge in [-0.25, -0.2) is 4.98 Å². The highest BCUT2D eigenvalue weighted by Crippen LogP contribution is 2.24. The molecule has 0 aliphatic carbocycles. The van der Waals surface area contributed by atoms with Crippen LogP contribution in [0.4, 0.5) is 5.95 Å². The van der Waals surface area contributed by atoms with Gasteiger partial charge in [0.15, 0.2) is 5.82 Å². The molecule has 1 aliphatic rings. The Labute approximate surface area is 153 Å². The zero-order valence-corrected chi connectivity index (χ0v) is 16.2. The van der Waals surface area contributed by atoms with Crippen molar-refractivity contribution in [1.82, 2.24) is 24.6 Å². The Morgan fingerprint density at radius 3 is 2.56 bits per heavy atom. The Balaban J connectivity index is 1.65. The van der Waals surface area contributed by atoms with E-state index >= 15 is 0 Å². The molecule has 1 aliphatic heterocycles. The summed E-state index contributed by atoms with van der Waals surface area (Å²) in [6, 6.07) is 0. The largest absolute Gasteiger partial charge is 0.371 e. The molecule has 3 heterocycles. The van der Waals surface area contributed by atoms with Crippen LogP contribution >= 0.6 is 11.3 Å². The minimum Gasteiger partial charge on any atom is -0.371 e. The van der Waals surface area contributed by atoms with E-state index in [0.717, 1.165) is 57.5 Å². The van der Waals surface area contributed by atoms with Gasteiger partial charge in [-0.1, -0.05) is 6.92 Å². The lowest BCUT2D eigenvalue weighted by Gasteiger charge is -2.35. The summed E-state index contributed by atoms with van der Waals surface area (Å²) < 4.78 is 8.05. The first-order valence-electron chi connectivity index (χ1n) is 9.15. The molecule has 2 aromatic heterocycles. The number of anilines is 1. The molecule has 0 radical (unpaired) electrons. The average molecular weight is 365 g/mol. The Bertz CT molecular complexity index is 636. The quantitative estimate of drug-likeness (QED) is 0.717. The maximum atomic E-state index is 5.84. The molecule has 1 unspecified atom stereocenters. The zero-order chi connectivity index (χ0) is 17.6. The van der Waals surface area contributed by atoms with Crippen molar-refractivity contribution in [3.8, 4) is 0 Å². The lowest BCUT2D eigenvalue weighted by Crippen LogP contribution is -2.47. The minimum atomic E-state index is 0.0251. The number of hydrogen-bond donors (Lipinski definition) is 0. The van der Waals surface area contributed by atoms with E-state index in [9.17, 15) is 0 Å². The summed E-state index contributed by atoms with van der Waals surface area (Å²) in [6.45, 7) is 12.8. The molecule has 1 atom stereocenters. The van der Waals surface area contributed by atoms with Gasteiger partial charge in [0.05, 0.1) is 11.2 Å². The Kier molecular flexibility index (Phi) is 6.39. The van der Waals surface area contributed by atoms with Crippen LogP contribution in [0.25, 0.3) is 0 Å². The molecular weight excluding hydrogens is 336 g/mol. The second-order valence-corrected chi connectivity index (χ2v) is 6.92. The Morgan fingerprint density at radius 1 is 1.16 bits per heavy atom. The molecule has 0 spiro atoms. The number of rotatable bonds is 8. The van der Waals surface area contributed by atoms with Gasteiger partial charge in [0.1, 0.15) is 6.10 Å². The molecule has 138 valence electrons. The minimum absolute atomic E-state index is 0.0251. The van der Waals surface area contributed by atoms with Gasteiger partial charge < -0.3 is 9.64 Å². The van der Waals surface area contributed by atoms with E-state index in [1.807, 2.05) is 12.4 Å². The standard InChI is InChI=1S/C17H28N6OS/c1-4-15(24-6-3)16-19-20-17(23(16)5-2)22-9-7-21(8-10-22)11-14-12-25-13-18-14/h12-13,15H,4-11H2,1-3H3. The maximum absolute atomic E-state index is 5.84. The highest BCUT2D eigenvalue weighted by molar-refractivity contribution is 7.07. The van der Waals surface area contributed by atoms with E-state index in [-0.39, 0.29) is 6.10 Å². The van der Waals surface area contributed by atoms with Gasteiger partial charge in [-0.05, 0) is 20.3 Å². The van der Waals surface area contributed by atoms with Gasteiger partial charge in [0.25, 0.3) is 0 Å². The van der Waals surface area contributed by atoms with Crippen molar-refractivity contribution in [2.24, 2.45) is 0 Å². The van der Waals surface area contributed by atoms with Crippen LogP contribution in [0.1, 0.15) is 44.8 Å². The summed E-state index contributed by atoms with van der Waals surface area (Å²) in [5.74, 6) is 1.93. The van der Waals surface area contributed by atoms with Crippen LogP contribution in [0.15, 0.2) is 10.9 Å². The van der Waals surface area contributed by atoms with Crippen molar-refractivity contribution in [1.29, 1.82) is 0 Å².